The molecule has 1 aliphatic heterocycles. The molecule has 0 bridgehead atoms. The minimum Gasteiger partial charge on any atom is -0.493 e. The molecule has 4 rings (SSSR count). The highest BCUT2D eigenvalue weighted by Crippen LogP contribution is 2.43. The van der Waals surface area contributed by atoms with Crippen LogP contribution in [0.1, 0.15) is 24.0 Å². The van der Waals surface area contributed by atoms with E-state index in [4.69, 9.17) is 21.1 Å². The van der Waals surface area contributed by atoms with Crippen LogP contribution in [0.5, 0.6) is 11.5 Å². The van der Waals surface area contributed by atoms with Gasteiger partial charge in [0.25, 0.3) is 0 Å². The maximum absolute atomic E-state index is 13.2. The van der Waals surface area contributed by atoms with Crippen LogP contribution in [0.2, 0.25) is 5.02 Å². The van der Waals surface area contributed by atoms with Crippen molar-refractivity contribution >= 4 is 50.9 Å². The molecule has 0 spiro atoms. The summed E-state index contributed by atoms with van der Waals surface area (Å²) in [4.78, 5) is 2.54. The fourth-order valence-electron chi connectivity index (χ4n) is 4.61. The first kappa shape index (κ1) is 28.9. The minimum atomic E-state index is -3.61. The van der Waals surface area contributed by atoms with Crippen molar-refractivity contribution in [3.05, 3.63) is 70.7 Å². The molecule has 7 nitrogen and oxygen atoms in total. The van der Waals surface area contributed by atoms with Crippen molar-refractivity contribution in [1.29, 1.82) is 0 Å². The normalized spacial score (nSPS) is 14.5. The van der Waals surface area contributed by atoms with Gasteiger partial charge >= 0.3 is 0 Å². The molecule has 10 heteroatoms. The second-order valence-electron chi connectivity index (χ2n) is 8.87. The second-order valence-corrected chi connectivity index (χ2v) is 11.2. The van der Waals surface area contributed by atoms with Gasteiger partial charge in [0.1, 0.15) is 0 Å². The average molecular weight is 567 g/mol. The third kappa shape index (κ3) is 6.44. The number of para-hydroxylation sites is 1. The number of piperazine rings is 1. The molecule has 0 amide bonds. The van der Waals surface area contributed by atoms with Crippen LogP contribution in [-0.2, 0) is 9.84 Å². The van der Waals surface area contributed by atoms with Crippen LogP contribution in [0.15, 0.2) is 59.5 Å². The Bertz CT molecular complexity index is 1330. The largest absolute Gasteiger partial charge is 0.493 e. The van der Waals surface area contributed by atoms with Crippen LogP contribution in [0, 0.1) is 0 Å². The van der Waals surface area contributed by atoms with Crippen LogP contribution >= 0.6 is 24.0 Å². The zero-order valence-corrected chi connectivity index (χ0v) is 23.8. The Kier molecular flexibility index (Phi) is 9.58. The van der Waals surface area contributed by atoms with Gasteiger partial charge in [0.2, 0.25) is 0 Å². The van der Waals surface area contributed by atoms with Crippen molar-refractivity contribution in [3.63, 3.8) is 0 Å². The second kappa shape index (κ2) is 12.3. The van der Waals surface area contributed by atoms with Crippen LogP contribution in [-0.4, -0.2) is 55.1 Å². The summed E-state index contributed by atoms with van der Waals surface area (Å²) < 4.78 is 37.4. The third-order valence-corrected chi connectivity index (χ3v) is 7.91. The van der Waals surface area contributed by atoms with Gasteiger partial charge in [-0.3, -0.25) is 0 Å². The molecular formula is C27H33Cl2N3O4S. The van der Waals surface area contributed by atoms with E-state index in [1.165, 1.54) is 13.4 Å². The molecule has 0 radical (unpaired) electrons. The van der Waals surface area contributed by atoms with E-state index in [1.807, 2.05) is 55.5 Å². The summed E-state index contributed by atoms with van der Waals surface area (Å²) in [7, 11) is -0.518. The standard InChI is InChI=1S/C27H32ClN3O4S.ClH/c1-18(19-14-23(28)26(35-3)25(15-19)34-2)22-16-21(31-12-10-29-11-13-31)17-24(27(22)36(4,32)33)30-20-8-6-5-7-9-20;/h5-9,14-18,29-30H,10-13H2,1-4H3;1H. The molecule has 1 saturated heterocycles. The lowest BCUT2D eigenvalue weighted by Crippen LogP contribution is -2.43. The van der Waals surface area contributed by atoms with Gasteiger partial charge in [-0.1, -0.05) is 36.7 Å². The molecule has 200 valence electrons. The predicted molar refractivity (Wildman–Crippen MR) is 154 cm³/mol. The first-order valence-electron chi connectivity index (χ1n) is 11.8. The smallest absolute Gasteiger partial charge is 0.179 e. The van der Waals surface area contributed by atoms with Gasteiger partial charge in [0.05, 0.1) is 29.8 Å². The molecule has 0 saturated carbocycles. The van der Waals surface area contributed by atoms with Crippen molar-refractivity contribution in [2.45, 2.75) is 17.7 Å². The van der Waals surface area contributed by atoms with Gasteiger partial charge in [0.15, 0.2) is 21.3 Å². The SMILES string of the molecule is COc1cc(C(C)c2cc(N3CCNCC3)cc(Nc3ccccc3)c2S(C)(=O)=O)cc(Cl)c1OC.Cl. The van der Waals surface area contributed by atoms with E-state index in [0.29, 0.717) is 27.8 Å². The van der Waals surface area contributed by atoms with E-state index in [0.717, 1.165) is 43.1 Å². The molecule has 1 aliphatic rings. The van der Waals surface area contributed by atoms with Gasteiger partial charge < -0.3 is 25.0 Å². The molecule has 1 atom stereocenters. The van der Waals surface area contributed by atoms with Crippen LogP contribution in [0.3, 0.4) is 0 Å². The molecule has 1 fully saturated rings. The summed E-state index contributed by atoms with van der Waals surface area (Å²) in [5, 5.41) is 7.14. The fraction of sp³-hybridized carbons (Fsp3) is 0.333. The third-order valence-electron chi connectivity index (χ3n) is 6.43. The number of rotatable bonds is 8. The molecule has 0 aliphatic carbocycles. The monoisotopic (exact) mass is 565 g/mol. The number of benzene rings is 3. The first-order valence-corrected chi connectivity index (χ1v) is 14.1. The summed E-state index contributed by atoms with van der Waals surface area (Å²) in [5.74, 6) is 0.638. The number of hydrogen-bond acceptors (Lipinski definition) is 7. The number of nitrogens with zero attached hydrogens (tertiary/aromatic N) is 1. The fourth-order valence-corrected chi connectivity index (χ4v) is 6.08. The molecule has 3 aromatic carbocycles. The van der Waals surface area contributed by atoms with E-state index < -0.39 is 9.84 Å². The molecule has 0 aromatic heterocycles. The summed E-state index contributed by atoms with van der Waals surface area (Å²) in [6.07, 6.45) is 1.25. The van der Waals surface area contributed by atoms with Crippen molar-refractivity contribution in [2.24, 2.45) is 0 Å². The van der Waals surface area contributed by atoms with Crippen LogP contribution < -0.4 is 25.0 Å². The first-order chi connectivity index (χ1) is 17.2. The Labute approximate surface area is 230 Å². The summed E-state index contributed by atoms with van der Waals surface area (Å²) in [6, 6.07) is 17.2. The van der Waals surface area contributed by atoms with E-state index in [9.17, 15) is 8.42 Å². The molecule has 37 heavy (non-hydrogen) atoms. The van der Waals surface area contributed by atoms with Crippen molar-refractivity contribution < 1.29 is 17.9 Å². The van der Waals surface area contributed by atoms with Crippen molar-refractivity contribution in [1.82, 2.24) is 5.32 Å². The Morgan fingerprint density at radius 1 is 1.03 bits per heavy atom. The highest BCUT2D eigenvalue weighted by Gasteiger charge is 2.27. The van der Waals surface area contributed by atoms with Gasteiger partial charge in [-0.25, -0.2) is 8.42 Å². The van der Waals surface area contributed by atoms with E-state index in [1.54, 1.807) is 13.2 Å². The Morgan fingerprint density at radius 2 is 1.70 bits per heavy atom. The quantitative estimate of drug-likeness (QED) is 0.374. The number of methoxy groups -OCH3 is 2. The topological polar surface area (TPSA) is 79.9 Å². The lowest BCUT2D eigenvalue weighted by molar-refractivity contribution is 0.354. The number of halogens is 2. The van der Waals surface area contributed by atoms with Crippen LogP contribution in [0.25, 0.3) is 0 Å². The molecular weight excluding hydrogens is 533 g/mol. The van der Waals surface area contributed by atoms with Crippen molar-refractivity contribution in [3.8, 4) is 11.5 Å². The lowest BCUT2D eigenvalue weighted by atomic mass is 9.91. The van der Waals surface area contributed by atoms with E-state index in [-0.39, 0.29) is 23.2 Å². The van der Waals surface area contributed by atoms with Crippen molar-refractivity contribution in [2.75, 3.05) is 56.9 Å². The van der Waals surface area contributed by atoms with Gasteiger partial charge in [-0.2, -0.15) is 0 Å². The zero-order chi connectivity index (χ0) is 25.9. The Morgan fingerprint density at radius 3 is 2.30 bits per heavy atom. The molecule has 2 N–H and O–H groups in total. The molecule has 1 unspecified atom stereocenters. The van der Waals surface area contributed by atoms with Gasteiger partial charge in [-0.15, -0.1) is 12.4 Å². The highest BCUT2D eigenvalue weighted by molar-refractivity contribution is 7.91. The molecule has 1 heterocycles. The number of hydrogen-bond donors (Lipinski definition) is 2. The maximum Gasteiger partial charge on any atom is 0.179 e. The number of ether oxygens (including phenoxy) is 2. The van der Waals surface area contributed by atoms with Gasteiger partial charge in [0, 0.05) is 49.7 Å². The lowest BCUT2D eigenvalue weighted by Gasteiger charge is -2.31. The Balaban J connectivity index is 0.00000380. The van der Waals surface area contributed by atoms with E-state index >= 15 is 0 Å². The number of sulfone groups is 1. The summed E-state index contributed by atoms with van der Waals surface area (Å²) >= 11 is 6.52. The van der Waals surface area contributed by atoms with E-state index in [2.05, 4.69) is 15.5 Å². The zero-order valence-electron chi connectivity index (χ0n) is 21.4. The summed E-state index contributed by atoms with van der Waals surface area (Å²) in [5.41, 5.74) is 3.84. The number of anilines is 3. The molecule has 3 aromatic rings. The minimum absolute atomic E-state index is 0. The van der Waals surface area contributed by atoms with Gasteiger partial charge in [-0.05, 0) is 47.5 Å². The maximum atomic E-state index is 13.2. The average Bonchev–Trinajstić information content (AvgIpc) is 2.87. The highest BCUT2D eigenvalue weighted by atomic mass is 35.5. The summed E-state index contributed by atoms with van der Waals surface area (Å²) in [6.45, 7) is 5.38. The number of nitrogens with one attached hydrogen (secondary N) is 2. The predicted octanol–water partition coefficient (Wildman–Crippen LogP) is 5.49. The Hall–Kier alpha value is -2.65. The van der Waals surface area contributed by atoms with Crippen LogP contribution in [0.4, 0.5) is 17.1 Å².